The number of thioether (sulfide) groups is 1. The normalized spacial score (nSPS) is 17.4. The largest absolute Gasteiger partial charge is 0.324 e. The Hall–Kier alpha value is -0.180. The van der Waals surface area contributed by atoms with Crippen LogP contribution in [0.5, 0.6) is 0 Å². The minimum Gasteiger partial charge on any atom is -0.324 e. The van der Waals surface area contributed by atoms with Crippen LogP contribution in [0, 0.1) is 5.92 Å². The molecule has 3 heteroatoms. The molecule has 1 fully saturated rings. The van der Waals surface area contributed by atoms with Crippen molar-refractivity contribution < 1.29 is 0 Å². The van der Waals surface area contributed by atoms with Crippen LogP contribution in [0.25, 0.3) is 0 Å². The van der Waals surface area contributed by atoms with Gasteiger partial charge in [0.25, 0.3) is 0 Å². The highest BCUT2D eigenvalue weighted by Crippen LogP contribution is 2.43. The molecule has 0 heterocycles. The zero-order valence-corrected chi connectivity index (χ0v) is 12.4. The van der Waals surface area contributed by atoms with Gasteiger partial charge in [0.1, 0.15) is 0 Å². The molecule has 17 heavy (non-hydrogen) atoms. The summed E-state index contributed by atoms with van der Waals surface area (Å²) >= 11 is 1.92. The molecule has 0 unspecified atom stereocenters. The Morgan fingerprint density at radius 3 is 2.35 bits per heavy atom. The maximum Gasteiger partial charge on any atom is 0.0334 e. The van der Waals surface area contributed by atoms with E-state index in [2.05, 4.69) is 45.0 Å². The molecule has 0 aromatic heterocycles. The van der Waals surface area contributed by atoms with E-state index < -0.39 is 0 Å². The summed E-state index contributed by atoms with van der Waals surface area (Å²) in [5, 5.41) is 0. The summed E-state index contributed by atoms with van der Waals surface area (Å²) < 4.78 is 0.249. The lowest BCUT2D eigenvalue weighted by Crippen LogP contribution is -2.15. The minimum absolute atomic E-state index is 0. The van der Waals surface area contributed by atoms with Crippen molar-refractivity contribution in [2.24, 2.45) is 11.7 Å². The van der Waals surface area contributed by atoms with Crippen LogP contribution in [-0.2, 0) is 0 Å². The van der Waals surface area contributed by atoms with Gasteiger partial charge in [-0.1, -0.05) is 39.0 Å². The molecule has 2 N–H and O–H groups in total. The fourth-order valence-corrected chi connectivity index (χ4v) is 3.02. The zero-order chi connectivity index (χ0) is 11.8. The Morgan fingerprint density at radius 1 is 1.24 bits per heavy atom. The fraction of sp³-hybridized carbons (Fsp3) is 0.571. The summed E-state index contributed by atoms with van der Waals surface area (Å²) in [6.07, 6.45) is 2.60. The van der Waals surface area contributed by atoms with Gasteiger partial charge in [-0.15, -0.1) is 24.2 Å². The van der Waals surface area contributed by atoms with Gasteiger partial charge < -0.3 is 5.73 Å². The molecule has 1 nitrogen and oxygen atoms in total. The summed E-state index contributed by atoms with van der Waals surface area (Å²) in [6.45, 7) is 6.74. The summed E-state index contributed by atoms with van der Waals surface area (Å²) in [5.41, 5.74) is 7.64. The first-order valence-corrected chi connectivity index (χ1v) is 6.82. The average molecular weight is 272 g/mol. The van der Waals surface area contributed by atoms with Gasteiger partial charge in [-0.2, -0.15) is 0 Å². The summed E-state index contributed by atoms with van der Waals surface area (Å²) in [4.78, 5) is 1.36. The van der Waals surface area contributed by atoms with Crippen LogP contribution in [0.1, 0.15) is 45.2 Å². The van der Waals surface area contributed by atoms with E-state index in [0.717, 1.165) is 5.92 Å². The third kappa shape index (κ3) is 4.20. The molecule has 0 radical (unpaired) electrons. The van der Waals surface area contributed by atoms with E-state index in [1.165, 1.54) is 23.3 Å². The molecule has 2 rings (SSSR count). The summed E-state index contributed by atoms with van der Waals surface area (Å²) in [5.74, 6) is 0.724. The van der Waals surface area contributed by atoms with Crippen LogP contribution in [0.15, 0.2) is 29.2 Å². The lowest BCUT2D eigenvalue weighted by atomic mass is 10.0. The number of halogens is 1. The first-order valence-electron chi connectivity index (χ1n) is 6.01. The lowest BCUT2D eigenvalue weighted by molar-refractivity contribution is 0.622. The Labute approximate surface area is 115 Å². The van der Waals surface area contributed by atoms with Crippen molar-refractivity contribution >= 4 is 24.2 Å². The van der Waals surface area contributed by atoms with Crippen LogP contribution in [0.4, 0.5) is 0 Å². The van der Waals surface area contributed by atoms with Gasteiger partial charge >= 0.3 is 0 Å². The maximum absolute atomic E-state index is 6.31. The highest BCUT2D eigenvalue weighted by molar-refractivity contribution is 8.00. The van der Waals surface area contributed by atoms with Crippen LogP contribution in [0.3, 0.4) is 0 Å². The quantitative estimate of drug-likeness (QED) is 0.824. The van der Waals surface area contributed by atoms with Crippen molar-refractivity contribution in [1.29, 1.82) is 0 Å². The Morgan fingerprint density at radius 2 is 1.82 bits per heavy atom. The average Bonchev–Trinajstić information content (AvgIpc) is 2.98. The molecule has 0 saturated heterocycles. The molecule has 1 saturated carbocycles. The van der Waals surface area contributed by atoms with Crippen molar-refractivity contribution in [3.8, 4) is 0 Å². The second-order valence-corrected chi connectivity index (χ2v) is 7.48. The number of hydrogen-bond acceptors (Lipinski definition) is 2. The van der Waals surface area contributed by atoms with E-state index in [1.807, 2.05) is 11.8 Å². The van der Waals surface area contributed by atoms with E-state index in [0.29, 0.717) is 0 Å². The number of hydrogen-bond donors (Lipinski definition) is 1. The molecule has 0 spiro atoms. The van der Waals surface area contributed by atoms with Crippen molar-refractivity contribution in [3.63, 3.8) is 0 Å². The molecular weight excluding hydrogens is 250 g/mol. The second kappa shape index (κ2) is 5.64. The molecule has 1 aromatic carbocycles. The van der Waals surface area contributed by atoms with Crippen molar-refractivity contribution in [3.05, 3.63) is 29.8 Å². The highest BCUT2D eigenvalue weighted by atomic mass is 35.5. The van der Waals surface area contributed by atoms with Gasteiger partial charge in [0, 0.05) is 15.7 Å². The third-order valence-corrected chi connectivity index (χ3v) is 4.03. The molecule has 1 aliphatic carbocycles. The lowest BCUT2D eigenvalue weighted by Gasteiger charge is -2.22. The topological polar surface area (TPSA) is 26.0 Å². The summed E-state index contributed by atoms with van der Waals surface area (Å²) in [6, 6.07) is 8.84. The summed E-state index contributed by atoms with van der Waals surface area (Å²) in [7, 11) is 0. The van der Waals surface area contributed by atoms with Crippen LogP contribution < -0.4 is 5.73 Å². The van der Waals surface area contributed by atoms with Gasteiger partial charge in [-0.3, -0.25) is 0 Å². The SMILES string of the molecule is CC(C)(C)Sc1ccccc1[C@@H](N)C1CC1.Cl. The van der Waals surface area contributed by atoms with Crippen molar-refractivity contribution in [2.75, 3.05) is 0 Å². The van der Waals surface area contributed by atoms with Gasteiger partial charge in [0.2, 0.25) is 0 Å². The molecule has 96 valence electrons. The molecule has 1 atom stereocenters. The first kappa shape index (κ1) is 14.9. The number of nitrogens with two attached hydrogens (primary N) is 1. The third-order valence-electron chi connectivity index (χ3n) is 2.82. The van der Waals surface area contributed by atoms with E-state index in [1.54, 1.807) is 0 Å². The smallest absolute Gasteiger partial charge is 0.0334 e. The zero-order valence-electron chi connectivity index (χ0n) is 10.8. The van der Waals surface area contributed by atoms with Crippen LogP contribution >= 0.6 is 24.2 Å². The second-order valence-electron chi connectivity index (χ2n) is 5.62. The standard InChI is InChI=1S/C14H21NS.ClH/c1-14(2,3)16-12-7-5-4-6-11(12)13(15)10-8-9-10;/h4-7,10,13H,8-9,15H2,1-3H3;1H/t13-;/m0./s1. The molecular formula is C14H22ClNS. The van der Waals surface area contributed by atoms with Crippen LogP contribution in [-0.4, -0.2) is 4.75 Å². The Balaban J connectivity index is 0.00000144. The maximum atomic E-state index is 6.31. The van der Waals surface area contributed by atoms with E-state index in [4.69, 9.17) is 5.73 Å². The first-order chi connectivity index (χ1) is 7.47. The minimum atomic E-state index is 0. The van der Waals surface area contributed by atoms with Gasteiger partial charge in [0.05, 0.1) is 0 Å². The fourth-order valence-electron chi connectivity index (χ4n) is 1.89. The number of benzene rings is 1. The van der Waals surface area contributed by atoms with Crippen LogP contribution in [0.2, 0.25) is 0 Å². The van der Waals surface area contributed by atoms with Gasteiger partial charge in [0.15, 0.2) is 0 Å². The number of rotatable bonds is 3. The molecule has 1 aliphatic rings. The Kier molecular flexibility index (Phi) is 4.94. The highest BCUT2D eigenvalue weighted by Gasteiger charge is 2.31. The molecule has 0 amide bonds. The van der Waals surface area contributed by atoms with E-state index >= 15 is 0 Å². The molecule has 1 aromatic rings. The monoisotopic (exact) mass is 271 g/mol. The van der Waals surface area contributed by atoms with Gasteiger partial charge in [-0.05, 0) is 30.4 Å². The molecule has 0 bridgehead atoms. The predicted octanol–water partition coefficient (Wildman–Crippen LogP) is 4.41. The predicted molar refractivity (Wildman–Crippen MR) is 79.0 cm³/mol. The molecule has 0 aliphatic heterocycles. The Bertz CT molecular complexity index is 369. The van der Waals surface area contributed by atoms with E-state index in [9.17, 15) is 0 Å². The van der Waals surface area contributed by atoms with Gasteiger partial charge in [-0.25, -0.2) is 0 Å². The van der Waals surface area contributed by atoms with Crippen molar-refractivity contribution in [1.82, 2.24) is 0 Å². The van der Waals surface area contributed by atoms with E-state index in [-0.39, 0.29) is 23.2 Å². The van der Waals surface area contributed by atoms with Crippen molar-refractivity contribution in [2.45, 2.75) is 49.3 Å².